The Morgan fingerprint density at radius 3 is 2.25 bits per heavy atom. The van der Waals surface area contributed by atoms with Gasteiger partial charge in [-0.3, -0.25) is 0 Å². The highest BCUT2D eigenvalue weighted by molar-refractivity contribution is 5.35. The fraction of sp³-hybridized carbons (Fsp3) is 0.556. The van der Waals surface area contributed by atoms with Gasteiger partial charge in [-0.05, 0) is 53.8 Å². The van der Waals surface area contributed by atoms with Crippen LogP contribution in [0.3, 0.4) is 0 Å². The van der Waals surface area contributed by atoms with Crippen molar-refractivity contribution in [1.29, 1.82) is 0 Å². The molecular formula is C27H33F3O6. The summed E-state index contributed by atoms with van der Waals surface area (Å²) in [6.07, 6.45) is -5.74. The van der Waals surface area contributed by atoms with Gasteiger partial charge < -0.3 is 29.9 Å². The van der Waals surface area contributed by atoms with Crippen LogP contribution in [-0.4, -0.2) is 64.0 Å². The van der Waals surface area contributed by atoms with Gasteiger partial charge in [0.05, 0.1) is 13.2 Å². The summed E-state index contributed by atoms with van der Waals surface area (Å²) in [4.78, 5) is 0. The lowest BCUT2D eigenvalue weighted by molar-refractivity contribution is -0.231. The van der Waals surface area contributed by atoms with Crippen LogP contribution in [0.15, 0.2) is 42.5 Å². The van der Waals surface area contributed by atoms with Gasteiger partial charge in [-0.1, -0.05) is 25.1 Å². The van der Waals surface area contributed by atoms with Crippen LogP contribution >= 0.6 is 0 Å². The lowest BCUT2D eigenvalue weighted by Crippen LogP contribution is -2.55. The zero-order valence-corrected chi connectivity index (χ0v) is 20.1. The van der Waals surface area contributed by atoms with E-state index in [2.05, 4.69) is 0 Å². The average molecular weight is 511 g/mol. The largest absolute Gasteiger partial charge is 0.493 e. The molecule has 1 aliphatic carbocycles. The first-order valence-electron chi connectivity index (χ1n) is 12.2. The fourth-order valence-electron chi connectivity index (χ4n) is 4.83. The molecule has 9 heteroatoms. The Bertz CT molecular complexity index is 1020. The standard InChI is InChI=1S/C27H33F3O6/c1-26(8-10-27(29,30)11-9-26)15-35-19-5-2-16(3-6-19)12-18-13-17(4-7-20(18)28)25-24(34)23(33)22(32)21(14-31)36-25/h2-7,13,21-25,31-34H,8-12,14-15H2,1H3. The maximum absolute atomic E-state index is 14.6. The molecule has 2 aliphatic rings. The first-order valence-corrected chi connectivity index (χ1v) is 12.2. The minimum Gasteiger partial charge on any atom is -0.493 e. The van der Waals surface area contributed by atoms with Gasteiger partial charge in [0.1, 0.15) is 42.1 Å². The number of alkyl halides is 2. The Morgan fingerprint density at radius 1 is 0.944 bits per heavy atom. The highest BCUT2D eigenvalue weighted by Gasteiger charge is 2.44. The predicted octanol–water partition coefficient (Wildman–Crippen LogP) is 3.53. The quantitative estimate of drug-likeness (QED) is 0.455. The minimum absolute atomic E-state index is 0.125. The van der Waals surface area contributed by atoms with Gasteiger partial charge in [0.25, 0.3) is 0 Å². The second-order valence-electron chi connectivity index (χ2n) is 10.4. The van der Waals surface area contributed by atoms with Crippen molar-refractivity contribution in [1.82, 2.24) is 0 Å². The van der Waals surface area contributed by atoms with E-state index in [0.717, 1.165) is 5.56 Å². The van der Waals surface area contributed by atoms with Crippen LogP contribution in [0.1, 0.15) is 55.4 Å². The van der Waals surface area contributed by atoms with E-state index in [-0.39, 0.29) is 24.7 Å². The van der Waals surface area contributed by atoms with Crippen LogP contribution in [-0.2, 0) is 11.2 Å². The topological polar surface area (TPSA) is 99.4 Å². The number of aliphatic hydroxyl groups is 4. The Kier molecular flexibility index (Phi) is 7.97. The Morgan fingerprint density at radius 2 is 1.61 bits per heavy atom. The maximum atomic E-state index is 14.6. The van der Waals surface area contributed by atoms with E-state index in [1.54, 1.807) is 24.3 Å². The lowest BCUT2D eigenvalue weighted by atomic mass is 9.75. The Balaban J connectivity index is 1.41. The molecule has 1 saturated carbocycles. The molecule has 4 rings (SSSR count). The summed E-state index contributed by atoms with van der Waals surface area (Å²) < 4.78 is 53.0. The minimum atomic E-state index is -2.59. The van der Waals surface area contributed by atoms with Gasteiger partial charge in [0, 0.05) is 24.7 Å². The summed E-state index contributed by atoms with van der Waals surface area (Å²) in [6, 6.07) is 11.3. The molecule has 2 aromatic carbocycles. The number of ether oxygens (including phenoxy) is 2. The van der Waals surface area contributed by atoms with E-state index in [1.165, 1.54) is 18.2 Å². The molecule has 1 heterocycles. The van der Waals surface area contributed by atoms with Crippen LogP contribution in [0.5, 0.6) is 5.75 Å². The van der Waals surface area contributed by atoms with Crippen molar-refractivity contribution in [3.05, 3.63) is 65.0 Å². The monoisotopic (exact) mass is 510 g/mol. The van der Waals surface area contributed by atoms with Crippen molar-refractivity contribution in [3.63, 3.8) is 0 Å². The number of hydrogen-bond donors (Lipinski definition) is 4. The van der Waals surface area contributed by atoms with Crippen LogP contribution in [0.2, 0.25) is 0 Å². The summed E-state index contributed by atoms with van der Waals surface area (Å²) >= 11 is 0. The SMILES string of the molecule is CC1(COc2ccc(Cc3cc(C4OC(CO)C(O)C(O)C4O)ccc3F)cc2)CCC(F)(F)CC1. The molecule has 0 spiro atoms. The van der Waals surface area contributed by atoms with Gasteiger partial charge in [-0.25, -0.2) is 13.2 Å². The predicted molar refractivity (Wildman–Crippen MR) is 125 cm³/mol. The smallest absolute Gasteiger partial charge is 0.248 e. The van der Waals surface area contributed by atoms with Gasteiger partial charge in [-0.15, -0.1) is 0 Å². The Hall–Kier alpha value is -2.17. The van der Waals surface area contributed by atoms with Crippen molar-refractivity contribution in [3.8, 4) is 5.75 Å². The second-order valence-corrected chi connectivity index (χ2v) is 10.4. The van der Waals surface area contributed by atoms with E-state index in [4.69, 9.17) is 9.47 Å². The molecule has 6 nitrogen and oxygen atoms in total. The molecule has 5 unspecified atom stereocenters. The molecule has 0 bridgehead atoms. The molecule has 4 N–H and O–H groups in total. The number of hydrogen-bond acceptors (Lipinski definition) is 6. The van der Waals surface area contributed by atoms with E-state index < -0.39 is 48.9 Å². The molecule has 0 aromatic heterocycles. The summed E-state index contributed by atoms with van der Waals surface area (Å²) in [7, 11) is 0. The number of benzene rings is 2. The van der Waals surface area contributed by atoms with Gasteiger partial charge in [-0.2, -0.15) is 0 Å². The Labute approximate surface area is 208 Å². The van der Waals surface area contributed by atoms with E-state index in [0.29, 0.717) is 36.3 Å². The summed E-state index contributed by atoms with van der Waals surface area (Å²) in [6.45, 7) is 1.76. The van der Waals surface area contributed by atoms with Crippen molar-refractivity contribution < 1.29 is 43.1 Å². The molecule has 2 fully saturated rings. The van der Waals surface area contributed by atoms with E-state index >= 15 is 0 Å². The third kappa shape index (κ3) is 6.03. The van der Waals surface area contributed by atoms with Crippen molar-refractivity contribution in [2.24, 2.45) is 5.41 Å². The highest BCUT2D eigenvalue weighted by atomic mass is 19.3. The molecule has 2 aromatic rings. The van der Waals surface area contributed by atoms with Crippen molar-refractivity contribution >= 4 is 0 Å². The van der Waals surface area contributed by atoms with Crippen molar-refractivity contribution in [2.75, 3.05) is 13.2 Å². The van der Waals surface area contributed by atoms with Gasteiger partial charge in [0.2, 0.25) is 5.92 Å². The molecule has 198 valence electrons. The average Bonchev–Trinajstić information content (AvgIpc) is 2.86. The summed E-state index contributed by atoms with van der Waals surface area (Å²) in [5, 5.41) is 39.9. The van der Waals surface area contributed by atoms with Crippen LogP contribution in [0, 0.1) is 11.2 Å². The molecule has 36 heavy (non-hydrogen) atoms. The zero-order valence-electron chi connectivity index (χ0n) is 20.1. The van der Waals surface area contributed by atoms with Gasteiger partial charge >= 0.3 is 0 Å². The zero-order chi connectivity index (χ0) is 26.1. The first kappa shape index (κ1) is 26.9. The number of halogens is 3. The van der Waals surface area contributed by atoms with Crippen LogP contribution in [0.4, 0.5) is 13.2 Å². The van der Waals surface area contributed by atoms with Crippen LogP contribution < -0.4 is 4.74 Å². The van der Waals surface area contributed by atoms with Crippen LogP contribution in [0.25, 0.3) is 0 Å². The fourth-order valence-corrected chi connectivity index (χ4v) is 4.83. The first-order chi connectivity index (χ1) is 17.0. The molecule has 1 saturated heterocycles. The second kappa shape index (κ2) is 10.7. The lowest BCUT2D eigenvalue weighted by Gasteiger charge is -2.40. The molecule has 1 aliphatic heterocycles. The molecular weight excluding hydrogens is 477 g/mol. The third-order valence-corrected chi connectivity index (χ3v) is 7.38. The highest BCUT2D eigenvalue weighted by Crippen LogP contribution is 2.43. The van der Waals surface area contributed by atoms with E-state index in [9.17, 15) is 33.6 Å². The van der Waals surface area contributed by atoms with E-state index in [1.807, 2.05) is 6.92 Å². The van der Waals surface area contributed by atoms with Gasteiger partial charge in [0.15, 0.2) is 0 Å². The molecule has 0 radical (unpaired) electrons. The molecule has 0 amide bonds. The maximum Gasteiger partial charge on any atom is 0.248 e. The third-order valence-electron chi connectivity index (χ3n) is 7.38. The summed E-state index contributed by atoms with van der Waals surface area (Å²) in [5.74, 6) is -2.44. The van der Waals surface area contributed by atoms with Crippen molar-refractivity contribution in [2.45, 2.75) is 75.5 Å². The number of rotatable bonds is 7. The normalized spacial score (nSPS) is 29.6. The summed E-state index contributed by atoms with van der Waals surface area (Å²) in [5.41, 5.74) is 1.26. The molecule has 5 atom stereocenters. The number of aliphatic hydroxyl groups excluding tert-OH is 4.